The average molecular weight is 279 g/mol. The standard InChI is InChI=1S/C14H11ClO2S/c15-8-5-6-12-10(7-8)14(17)13(16)9-3-1-2-4-11(9)18-12/h1-7,13-14,16-17H/t13-,14+/m0/s1. The van der Waals surface area contributed by atoms with Gasteiger partial charge < -0.3 is 10.2 Å². The number of halogens is 1. The van der Waals surface area contributed by atoms with Crippen molar-refractivity contribution in [2.75, 3.05) is 0 Å². The summed E-state index contributed by atoms with van der Waals surface area (Å²) in [6.07, 6.45) is -1.87. The van der Waals surface area contributed by atoms with E-state index in [1.165, 1.54) is 0 Å². The van der Waals surface area contributed by atoms with E-state index in [-0.39, 0.29) is 0 Å². The van der Waals surface area contributed by atoms with E-state index in [9.17, 15) is 10.2 Å². The van der Waals surface area contributed by atoms with Crippen molar-refractivity contribution in [3.63, 3.8) is 0 Å². The third-order valence-corrected chi connectivity index (χ3v) is 4.47. The Kier molecular flexibility index (Phi) is 3.08. The lowest BCUT2D eigenvalue weighted by Crippen LogP contribution is -2.09. The van der Waals surface area contributed by atoms with Crippen molar-refractivity contribution < 1.29 is 10.2 Å². The lowest BCUT2D eigenvalue weighted by molar-refractivity contribution is 0.0148. The van der Waals surface area contributed by atoms with Crippen LogP contribution in [-0.4, -0.2) is 10.2 Å². The van der Waals surface area contributed by atoms with Crippen LogP contribution in [0.4, 0.5) is 0 Å². The number of benzene rings is 2. The van der Waals surface area contributed by atoms with Gasteiger partial charge in [0.2, 0.25) is 0 Å². The van der Waals surface area contributed by atoms with Crippen LogP contribution < -0.4 is 0 Å². The van der Waals surface area contributed by atoms with E-state index in [1.807, 2.05) is 30.3 Å². The van der Waals surface area contributed by atoms with Gasteiger partial charge in [0.1, 0.15) is 12.2 Å². The topological polar surface area (TPSA) is 40.5 Å². The highest BCUT2D eigenvalue weighted by molar-refractivity contribution is 7.99. The van der Waals surface area contributed by atoms with Crippen LogP contribution in [0.15, 0.2) is 52.3 Å². The van der Waals surface area contributed by atoms with Crippen LogP contribution >= 0.6 is 23.4 Å². The third-order valence-electron chi connectivity index (χ3n) is 3.05. The second-order valence-electron chi connectivity index (χ2n) is 4.21. The molecule has 2 atom stereocenters. The molecule has 2 aromatic rings. The predicted molar refractivity (Wildman–Crippen MR) is 71.9 cm³/mol. The van der Waals surface area contributed by atoms with Crippen molar-refractivity contribution in [1.82, 2.24) is 0 Å². The smallest absolute Gasteiger partial charge is 0.110 e. The minimum Gasteiger partial charge on any atom is -0.385 e. The van der Waals surface area contributed by atoms with Crippen LogP contribution in [0.3, 0.4) is 0 Å². The summed E-state index contributed by atoms with van der Waals surface area (Å²) < 4.78 is 0. The highest BCUT2D eigenvalue weighted by atomic mass is 35.5. The SMILES string of the molecule is O[C@@H]1c2cc(Cl)ccc2Sc2ccccc2[C@@H]1O. The van der Waals surface area contributed by atoms with Crippen LogP contribution in [-0.2, 0) is 0 Å². The summed E-state index contributed by atoms with van der Waals surface area (Å²) in [4.78, 5) is 1.89. The van der Waals surface area contributed by atoms with E-state index < -0.39 is 12.2 Å². The summed E-state index contributed by atoms with van der Waals surface area (Å²) in [6.45, 7) is 0. The maximum atomic E-state index is 10.3. The fraction of sp³-hybridized carbons (Fsp3) is 0.143. The van der Waals surface area contributed by atoms with Crippen molar-refractivity contribution in [3.05, 3.63) is 58.6 Å². The molecule has 2 N–H and O–H groups in total. The summed E-state index contributed by atoms with van der Waals surface area (Å²) in [7, 11) is 0. The molecule has 1 aliphatic rings. The highest BCUT2D eigenvalue weighted by Crippen LogP contribution is 2.45. The third kappa shape index (κ3) is 1.93. The Bertz CT molecular complexity index is 600. The molecule has 4 heteroatoms. The van der Waals surface area contributed by atoms with Gasteiger partial charge in [0, 0.05) is 14.8 Å². The zero-order valence-electron chi connectivity index (χ0n) is 9.38. The van der Waals surface area contributed by atoms with Crippen molar-refractivity contribution in [2.45, 2.75) is 22.0 Å². The Labute approximate surface area is 114 Å². The Hall–Kier alpha value is -1.00. The number of aliphatic hydroxyl groups excluding tert-OH is 2. The number of aliphatic hydroxyl groups is 2. The first-order valence-corrected chi connectivity index (χ1v) is 6.78. The van der Waals surface area contributed by atoms with E-state index in [4.69, 9.17) is 11.6 Å². The molecule has 0 bridgehead atoms. The molecule has 0 unspecified atom stereocenters. The van der Waals surface area contributed by atoms with Crippen LogP contribution in [0, 0.1) is 0 Å². The van der Waals surface area contributed by atoms with Gasteiger partial charge in [-0.25, -0.2) is 0 Å². The van der Waals surface area contributed by atoms with Gasteiger partial charge in [-0.05, 0) is 35.4 Å². The number of hydrogen-bond donors (Lipinski definition) is 2. The fourth-order valence-electron chi connectivity index (χ4n) is 2.12. The number of hydrogen-bond acceptors (Lipinski definition) is 3. The predicted octanol–water partition coefficient (Wildman–Crippen LogP) is 3.57. The summed E-state index contributed by atoms with van der Waals surface area (Å²) >= 11 is 7.49. The second-order valence-corrected chi connectivity index (χ2v) is 5.73. The summed E-state index contributed by atoms with van der Waals surface area (Å²) in [5, 5.41) is 21.1. The number of rotatable bonds is 0. The van der Waals surface area contributed by atoms with Gasteiger partial charge in [0.25, 0.3) is 0 Å². The second kappa shape index (κ2) is 4.59. The zero-order valence-corrected chi connectivity index (χ0v) is 10.9. The summed E-state index contributed by atoms with van der Waals surface area (Å²) in [5.41, 5.74) is 1.43. The van der Waals surface area contributed by atoms with Gasteiger partial charge in [0.05, 0.1) is 0 Å². The molecule has 0 amide bonds. The average Bonchev–Trinajstić information content (AvgIpc) is 2.48. The molecule has 0 spiro atoms. The lowest BCUT2D eigenvalue weighted by atomic mass is 9.98. The van der Waals surface area contributed by atoms with Crippen molar-refractivity contribution in [1.29, 1.82) is 0 Å². The molecule has 18 heavy (non-hydrogen) atoms. The minimum atomic E-state index is -0.949. The zero-order chi connectivity index (χ0) is 12.7. The maximum Gasteiger partial charge on any atom is 0.110 e. The molecular weight excluding hydrogens is 268 g/mol. The van der Waals surface area contributed by atoms with Gasteiger partial charge in [-0.3, -0.25) is 0 Å². The van der Waals surface area contributed by atoms with Gasteiger partial charge in [-0.15, -0.1) is 0 Å². The van der Waals surface area contributed by atoms with Gasteiger partial charge in [-0.2, -0.15) is 0 Å². The molecule has 0 fully saturated rings. The fourth-order valence-corrected chi connectivity index (χ4v) is 3.42. The quantitative estimate of drug-likeness (QED) is 0.774. The first-order valence-electron chi connectivity index (χ1n) is 5.59. The van der Waals surface area contributed by atoms with E-state index in [1.54, 1.807) is 23.9 Å². The molecule has 0 saturated heterocycles. The first-order chi connectivity index (χ1) is 8.66. The van der Waals surface area contributed by atoms with Crippen molar-refractivity contribution >= 4 is 23.4 Å². The molecule has 0 radical (unpaired) electrons. The van der Waals surface area contributed by atoms with E-state index in [0.29, 0.717) is 10.6 Å². The molecule has 0 aliphatic carbocycles. The molecule has 1 heterocycles. The van der Waals surface area contributed by atoms with Crippen LogP contribution in [0.25, 0.3) is 0 Å². The van der Waals surface area contributed by atoms with E-state index in [0.717, 1.165) is 15.4 Å². The maximum absolute atomic E-state index is 10.3. The number of fused-ring (bicyclic) bond motifs is 2. The molecule has 3 rings (SSSR count). The lowest BCUT2D eigenvalue weighted by Gasteiger charge is -2.17. The van der Waals surface area contributed by atoms with Gasteiger partial charge >= 0.3 is 0 Å². The molecule has 92 valence electrons. The van der Waals surface area contributed by atoms with Crippen LogP contribution in [0.2, 0.25) is 5.02 Å². The summed E-state index contributed by atoms with van der Waals surface area (Å²) in [6, 6.07) is 12.9. The largest absolute Gasteiger partial charge is 0.385 e. The molecular formula is C14H11ClO2S. The van der Waals surface area contributed by atoms with Gasteiger partial charge in [-0.1, -0.05) is 41.6 Å². The van der Waals surface area contributed by atoms with E-state index >= 15 is 0 Å². The molecule has 2 nitrogen and oxygen atoms in total. The van der Waals surface area contributed by atoms with Crippen LogP contribution in [0.5, 0.6) is 0 Å². The minimum absolute atomic E-state index is 0.562. The molecule has 2 aromatic carbocycles. The molecule has 0 aromatic heterocycles. The first kappa shape index (κ1) is 12.1. The Morgan fingerprint density at radius 1 is 0.889 bits per heavy atom. The van der Waals surface area contributed by atoms with Crippen molar-refractivity contribution in [2.24, 2.45) is 0 Å². The Morgan fingerprint density at radius 2 is 1.56 bits per heavy atom. The Balaban J connectivity index is 2.20. The van der Waals surface area contributed by atoms with Crippen molar-refractivity contribution in [3.8, 4) is 0 Å². The van der Waals surface area contributed by atoms with E-state index in [2.05, 4.69) is 0 Å². The van der Waals surface area contributed by atoms with Gasteiger partial charge in [0.15, 0.2) is 0 Å². The highest BCUT2D eigenvalue weighted by Gasteiger charge is 2.28. The normalized spacial score (nSPS) is 21.9. The molecule has 1 aliphatic heterocycles. The van der Waals surface area contributed by atoms with Crippen LogP contribution in [0.1, 0.15) is 23.3 Å². The summed E-state index contributed by atoms with van der Waals surface area (Å²) in [5.74, 6) is 0. The Morgan fingerprint density at radius 3 is 2.39 bits per heavy atom. The molecule has 0 saturated carbocycles. The monoisotopic (exact) mass is 278 g/mol.